The molecule has 0 fully saturated rings. The molecule has 0 aromatic heterocycles. The summed E-state index contributed by atoms with van der Waals surface area (Å²) in [5, 5.41) is 12.0. The number of phenolic OH excluding ortho intramolecular Hbond substituents is 1. The molecular formula is C17H14O2. The lowest BCUT2D eigenvalue weighted by Crippen LogP contribution is -1.95. The molecule has 0 bridgehead atoms. The molecule has 2 nitrogen and oxygen atoms in total. The molecule has 0 radical (unpaired) electrons. The lowest BCUT2D eigenvalue weighted by Gasteiger charge is -2.08. The van der Waals surface area contributed by atoms with E-state index in [1.807, 2.05) is 24.3 Å². The first-order chi connectivity index (χ1) is 9.33. The average molecular weight is 250 g/mol. The highest BCUT2D eigenvalue weighted by molar-refractivity contribution is 5.82. The van der Waals surface area contributed by atoms with Gasteiger partial charge in [-0.25, -0.2) is 0 Å². The summed E-state index contributed by atoms with van der Waals surface area (Å²) in [6.07, 6.45) is 0. The van der Waals surface area contributed by atoms with Gasteiger partial charge in [0.05, 0.1) is 0 Å². The molecule has 0 saturated carbocycles. The molecule has 0 aliphatic rings. The third kappa shape index (κ3) is 2.52. The normalized spacial score (nSPS) is 10.5. The highest BCUT2D eigenvalue weighted by Gasteiger charge is 2.01. The Morgan fingerprint density at radius 2 is 1.53 bits per heavy atom. The SMILES string of the molecule is Oc1ccccc1OCc1ccc2ccccc2c1. The zero-order chi connectivity index (χ0) is 13.1. The molecule has 3 rings (SSSR count). The molecule has 0 aliphatic heterocycles. The summed E-state index contributed by atoms with van der Waals surface area (Å²) in [4.78, 5) is 0. The standard InChI is InChI=1S/C17H14O2/c18-16-7-3-4-8-17(16)19-12-13-9-10-14-5-1-2-6-15(14)11-13/h1-11,18H,12H2. The van der Waals surface area contributed by atoms with Gasteiger partial charge >= 0.3 is 0 Å². The summed E-state index contributed by atoms with van der Waals surface area (Å²) < 4.78 is 5.62. The van der Waals surface area contributed by atoms with Crippen LogP contribution in [0, 0.1) is 0 Å². The van der Waals surface area contributed by atoms with Crippen LogP contribution in [0.4, 0.5) is 0 Å². The minimum Gasteiger partial charge on any atom is -0.504 e. The Kier molecular flexibility index (Phi) is 3.07. The van der Waals surface area contributed by atoms with Crippen LogP contribution in [0.15, 0.2) is 66.7 Å². The van der Waals surface area contributed by atoms with E-state index in [9.17, 15) is 5.11 Å². The lowest BCUT2D eigenvalue weighted by atomic mass is 10.1. The number of rotatable bonds is 3. The summed E-state index contributed by atoms with van der Waals surface area (Å²) in [6.45, 7) is 0.447. The van der Waals surface area contributed by atoms with Crippen molar-refractivity contribution in [3.8, 4) is 11.5 Å². The molecule has 94 valence electrons. The van der Waals surface area contributed by atoms with Gasteiger partial charge in [-0.2, -0.15) is 0 Å². The number of hydrogen-bond donors (Lipinski definition) is 1. The first-order valence-electron chi connectivity index (χ1n) is 6.21. The van der Waals surface area contributed by atoms with Gasteiger partial charge < -0.3 is 9.84 Å². The Morgan fingerprint density at radius 1 is 0.789 bits per heavy atom. The van der Waals surface area contributed by atoms with Crippen LogP contribution in [-0.2, 0) is 6.61 Å². The van der Waals surface area contributed by atoms with Crippen LogP contribution < -0.4 is 4.74 Å². The summed E-state index contributed by atoms with van der Waals surface area (Å²) in [5.41, 5.74) is 1.09. The van der Waals surface area contributed by atoms with Gasteiger partial charge in [-0.1, -0.05) is 48.5 Å². The summed E-state index contributed by atoms with van der Waals surface area (Å²) in [7, 11) is 0. The van der Waals surface area contributed by atoms with Gasteiger partial charge in [0.25, 0.3) is 0 Å². The van der Waals surface area contributed by atoms with E-state index in [-0.39, 0.29) is 5.75 Å². The highest BCUT2D eigenvalue weighted by atomic mass is 16.5. The Bertz CT molecular complexity index is 704. The van der Waals surface area contributed by atoms with Gasteiger partial charge in [-0.3, -0.25) is 0 Å². The first kappa shape index (κ1) is 11.6. The third-order valence-corrected chi connectivity index (χ3v) is 3.07. The van der Waals surface area contributed by atoms with Crippen molar-refractivity contribution in [2.24, 2.45) is 0 Å². The fraction of sp³-hybridized carbons (Fsp3) is 0.0588. The maximum absolute atomic E-state index is 9.64. The Hall–Kier alpha value is -2.48. The zero-order valence-corrected chi connectivity index (χ0v) is 10.4. The molecule has 0 heterocycles. The van der Waals surface area contributed by atoms with E-state index in [0.29, 0.717) is 12.4 Å². The molecule has 2 heteroatoms. The molecule has 3 aromatic rings. The number of hydrogen-bond acceptors (Lipinski definition) is 2. The molecule has 3 aromatic carbocycles. The van der Waals surface area contributed by atoms with Gasteiger partial charge in [0, 0.05) is 0 Å². The molecule has 0 amide bonds. The van der Waals surface area contributed by atoms with Crippen LogP contribution in [0.5, 0.6) is 11.5 Å². The molecule has 0 unspecified atom stereocenters. The maximum atomic E-state index is 9.64. The fourth-order valence-electron chi connectivity index (χ4n) is 2.07. The van der Waals surface area contributed by atoms with E-state index >= 15 is 0 Å². The summed E-state index contributed by atoms with van der Waals surface area (Å²) in [5.74, 6) is 0.680. The Labute approximate surface area is 111 Å². The maximum Gasteiger partial charge on any atom is 0.161 e. The van der Waals surface area contributed by atoms with Gasteiger partial charge in [0.2, 0.25) is 0 Å². The second kappa shape index (κ2) is 5.02. The van der Waals surface area contributed by atoms with E-state index in [0.717, 1.165) is 5.56 Å². The van der Waals surface area contributed by atoms with Crippen LogP contribution in [0.3, 0.4) is 0 Å². The first-order valence-corrected chi connectivity index (χ1v) is 6.21. The van der Waals surface area contributed by atoms with Crippen molar-refractivity contribution in [2.75, 3.05) is 0 Å². The Morgan fingerprint density at radius 3 is 2.37 bits per heavy atom. The monoisotopic (exact) mass is 250 g/mol. The van der Waals surface area contributed by atoms with E-state index < -0.39 is 0 Å². The predicted molar refractivity (Wildman–Crippen MR) is 76.4 cm³/mol. The topological polar surface area (TPSA) is 29.5 Å². The number of para-hydroxylation sites is 2. The smallest absolute Gasteiger partial charge is 0.161 e. The third-order valence-electron chi connectivity index (χ3n) is 3.07. The minimum atomic E-state index is 0.170. The number of fused-ring (bicyclic) bond motifs is 1. The van der Waals surface area contributed by atoms with Crippen molar-refractivity contribution in [2.45, 2.75) is 6.61 Å². The lowest BCUT2D eigenvalue weighted by molar-refractivity contribution is 0.289. The Balaban J connectivity index is 1.80. The number of ether oxygens (including phenoxy) is 1. The fourth-order valence-corrected chi connectivity index (χ4v) is 2.07. The van der Waals surface area contributed by atoms with Crippen molar-refractivity contribution in [3.05, 3.63) is 72.3 Å². The van der Waals surface area contributed by atoms with Gasteiger partial charge in [-0.15, -0.1) is 0 Å². The van der Waals surface area contributed by atoms with Crippen LogP contribution in [0.2, 0.25) is 0 Å². The van der Waals surface area contributed by atoms with E-state index in [4.69, 9.17) is 4.74 Å². The van der Waals surface area contributed by atoms with Gasteiger partial charge in [0.15, 0.2) is 11.5 Å². The van der Waals surface area contributed by atoms with Gasteiger partial charge in [0.1, 0.15) is 6.61 Å². The van der Waals surface area contributed by atoms with E-state index in [1.165, 1.54) is 10.8 Å². The molecular weight excluding hydrogens is 236 g/mol. The van der Waals surface area contributed by atoms with Crippen molar-refractivity contribution in [1.29, 1.82) is 0 Å². The highest BCUT2D eigenvalue weighted by Crippen LogP contribution is 2.25. The number of benzene rings is 3. The molecule has 0 aliphatic carbocycles. The molecule has 0 saturated heterocycles. The summed E-state index contributed by atoms with van der Waals surface area (Å²) >= 11 is 0. The van der Waals surface area contributed by atoms with Gasteiger partial charge in [-0.05, 0) is 34.5 Å². The van der Waals surface area contributed by atoms with Crippen LogP contribution >= 0.6 is 0 Å². The molecule has 0 atom stereocenters. The van der Waals surface area contributed by atoms with E-state index in [1.54, 1.807) is 18.2 Å². The van der Waals surface area contributed by atoms with Crippen molar-refractivity contribution >= 4 is 10.8 Å². The van der Waals surface area contributed by atoms with Crippen molar-refractivity contribution < 1.29 is 9.84 Å². The predicted octanol–water partition coefficient (Wildman–Crippen LogP) is 4.12. The van der Waals surface area contributed by atoms with Crippen molar-refractivity contribution in [1.82, 2.24) is 0 Å². The zero-order valence-electron chi connectivity index (χ0n) is 10.4. The molecule has 0 spiro atoms. The van der Waals surface area contributed by atoms with Crippen LogP contribution in [0.25, 0.3) is 10.8 Å². The second-order valence-corrected chi connectivity index (χ2v) is 4.44. The number of phenols is 1. The van der Waals surface area contributed by atoms with Crippen LogP contribution in [-0.4, -0.2) is 5.11 Å². The minimum absolute atomic E-state index is 0.170. The molecule has 1 N–H and O–H groups in total. The average Bonchev–Trinajstić information content (AvgIpc) is 2.46. The molecule has 19 heavy (non-hydrogen) atoms. The largest absolute Gasteiger partial charge is 0.504 e. The second-order valence-electron chi connectivity index (χ2n) is 4.44. The van der Waals surface area contributed by atoms with Crippen LogP contribution in [0.1, 0.15) is 5.56 Å². The quantitative estimate of drug-likeness (QED) is 0.757. The van der Waals surface area contributed by atoms with Crippen molar-refractivity contribution in [3.63, 3.8) is 0 Å². The summed E-state index contributed by atoms with van der Waals surface area (Å²) in [6, 6.07) is 21.5. The number of aromatic hydroxyl groups is 1. The van der Waals surface area contributed by atoms with E-state index in [2.05, 4.69) is 24.3 Å².